The van der Waals surface area contributed by atoms with Gasteiger partial charge < -0.3 is 44.0 Å². The Hall–Kier alpha value is -7.68. The van der Waals surface area contributed by atoms with Crippen LogP contribution in [-0.4, -0.2) is 135 Å². The SMILES string of the molecule is Cc1ccc(C(=O)N(C)CCCOc2cccc3c2CN(C2CCC(=O)NC2=O)C3=O)cc1B1O[C@H]2C[C@H]3C[C@H](C3(C)C)[C@@]2(CCOCC(=O)N2CCC(n3nc(-c4ccc(Oc5ccccc5)cc4)c4c(N)ncnc43)CC2)O1. The van der Waals surface area contributed by atoms with Crippen LogP contribution in [0.4, 0.5) is 5.82 Å². The molecule has 4 aliphatic heterocycles. The molecule has 3 saturated carbocycles. The van der Waals surface area contributed by atoms with E-state index in [0.29, 0.717) is 115 Å². The normalized spacial score (nSPS) is 23.1. The minimum absolute atomic E-state index is 0.00751. The molecule has 0 spiro atoms. The zero-order valence-corrected chi connectivity index (χ0v) is 45.6. The van der Waals surface area contributed by atoms with Crippen LogP contribution in [0.3, 0.4) is 0 Å². The predicted molar refractivity (Wildman–Crippen MR) is 297 cm³/mol. The number of ether oxygens (including phenoxy) is 3. The van der Waals surface area contributed by atoms with Gasteiger partial charge in [-0.2, -0.15) is 5.10 Å². The largest absolute Gasteiger partial charge is 0.494 e. The predicted octanol–water partition coefficient (Wildman–Crippen LogP) is 6.66. The van der Waals surface area contributed by atoms with Crippen LogP contribution in [0.25, 0.3) is 22.3 Å². The molecule has 3 saturated heterocycles. The fraction of sp³-hybridized carbons (Fsp3) is 0.433. The third-order valence-corrected chi connectivity index (χ3v) is 17.9. The van der Waals surface area contributed by atoms with Crippen molar-refractivity contribution < 1.29 is 47.5 Å². The molecule has 6 fully saturated rings. The molecular formula is C60H66BN9O10. The van der Waals surface area contributed by atoms with Gasteiger partial charge in [-0.15, -0.1) is 0 Å². The quantitative estimate of drug-likeness (QED) is 0.0554. The van der Waals surface area contributed by atoms with E-state index in [1.165, 1.54) is 11.2 Å². The summed E-state index contributed by atoms with van der Waals surface area (Å²) in [6, 6.07) is 27.6. The second-order valence-corrected chi connectivity index (χ2v) is 22.9. The van der Waals surface area contributed by atoms with Crippen LogP contribution < -0.4 is 26.0 Å². The number of piperidine rings is 2. The molecule has 6 aromatic rings. The maximum atomic E-state index is 14.0. The lowest BCUT2D eigenvalue weighted by Crippen LogP contribution is -2.67. The van der Waals surface area contributed by atoms with Gasteiger partial charge in [0.15, 0.2) is 5.65 Å². The first-order valence-electron chi connectivity index (χ1n) is 27.9. The Labute approximate surface area is 464 Å². The van der Waals surface area contributed by atoms with Crippen LogP contribution >= 0.6 is 0 Å². The third kappa shape index (κ3) is 9.74. The summed E-state index contributed by atoms with van der Waals surface area (Å²) >= 11 is 0. The molecule has 3 aliphatic carbocycles. The molecule has 5 atom stereocenters. The van der Waals surface area contributed by atoms with E-state index in [9.17, 15) is 24.0 Å². The molecule has 414 valence electrons. The Bertz CT molecular complexity index is 3390. The third-order valence-electron chi connectivity index (χ3n) is 17.9. The number of rotatable bonds is 17. The van der Waals surface area contributed by atoms with Gasteiger partial charge in [-0.3, -0.25) is 29.3 Å². The molecule has 3 N–H and O–H groups in total. The van der Waals surface area contributed by atoms with Crippen LogP contribution in [0.5, 0.6) is 17.2 Å². The number of hydrogen-bond donors (Lipinski definition) is 2. The lowest BCUT2D eigenvalue weighted by molar-refractivity contribution is -0.214. The minimum Gasteiger partial charge on any atom is -0.493 e. The molecule has 0 radical (unpaired) electrons. The Balaban J connectivity index is 0.641. The highest BCUT2D eigenvalue weighted by atomic mass is 16.7. The maximum absolute atomic E-state index is 14.0. The summed E-state index contributed by atoms with van der Waals surface area (Å²) in [6.45, 7) is 8.93. The first kappa shape index (κ1) is 53.0. The lowest BCUT2D eigenvalue weighted by atomic mass is 9.43. The lowest BCUT2D eigenvalue weighted by Gasteiger charge is -2.65. The van der Waals surface area contributed by atoms with Crippen molar-refractivity contribution in [3.8, 4) is 28.5 Å². The number of anilines is 1. The van der Waals surface area contributed by atoms with Crippen LogP contribution in [0.2, 0.25) is 0 Å². The first-order chi connectivity index (χ1) is 38.7. The number of nitrogens with zero attached hydrogens (tertiary/aromatic N) is 7. The molecule has 5 amide bonds. The number of aromatic nitrogens is 4. The van der Waals surface area contributed by atoms with Gasteiger partial charge in [0.1, 0.15) is 47.7 Å². The Morgan fingerprint density at radius 3 is 2.49 bits per heavy atom. The van der Waals surface area contributed by atoms with Crippen LogP contribution in [0.15, 0.2) is 97.3 Å². The molecule has 80 heavy (non-hydrogen) atoms. The molecule has 1 unspecified atom stereocenters. The van der Waals surface area contributed by atoms with E-state index in [2.05, 4.69) is 29.1 Å². The second-order valence-electron chi connectivity index (χ2n) is 22.9. The van der Waals surface area contributed by atoms with Crippen molar-refractivity contribution in [2.24, 2.45) is 17.3 Å². The molecular weight excluding hydrogens is 1020 g/mol. The summed E-state index contributed by atoms with van der Waals surface area (Å²) in [7, 11) is 1.09. The number of benzene rings is 4. The van der Waals surface area contributed by atoms with Crippen molar-refractivity contribution in [1.29, 1.82) is 0 Å². The van der Waals surface area contributed by atoms with E-state index >= 15 is 0 Å². The molecule has 20 heteroatoms. The topological polar surface area (TPSA) is 223 Å². The number of nitrogens with two attached hydrogens (primary N) is 1. The summed E-state index contributed by atoms with van der Waals surface area (Å²) in [5.74, 6) is 1.83. The summed E-state index contributed by atoms with van der Waals surface area (Å²) in [4.78, 5) is 79.4. The zero-order valence-electron chi connectivity index (χ0n) is 45.6. The van der Waals surface area contributed by atoms with E-state index in [1.807, 2.05) is 89.3 Å². The smallest absolute Gasteiger partial charge is 0.493 e. The van der Waals surface area contributed by atoms with Gasteiger partial charge in [0.25, 0.3) is 11.8 Å². The first-order valence-corrected chi connectivity index (χ1v) is 27.9. The zero-order chi connectivity index (χ0) is 55.5. The molecule has 7 aliphatic rings. The number of likely N-dealkylation sites (tertiary alicyclic amines) is 1. The molecule has 6 heterocycles. The Morgan fingerprint density at radius 2 is 1.71 bits per heavy atom. The van der Waals surface area contributed by atoms with Crippen LogP contribution in [0.1, 0.15) is 103 Å². The summed E-state index contributed by atoms with van der Waals surface area (Å²) in [5, 5.41) is 8.11. The molecule has 2 bridgehead atoms. The average Bonchev–Trinajstić information content (AvgIpc) is 4.28. The number of imide groups is 1. The standard InChI is InChI=1S/C60H66BN9O10/c1-36-14-15-38(57(74)67(4)25-9-28-77-47-13-8-12-43-44(47)33-69(58(43)75)46-20-21-50(71)65-56(46)73)30-45(36)61-79-49-32-39-31-48(59(39,2)3)60(49,80-61)24-29-76-34-51(72)68-26-22-40(23-27-68)70-55-52(54(62)63-35-64-55)53(66-70)37-16-18-42(19-17-37)78-41-10-6-5-7-11-41/h5-8,10-19,30,35,39-40,46,48-49H,9,20-29,31-34H2,1-4H3,(H2,62,63,64)(H,65,71,73)/t39-,46?,48-,49+,60-/m1/s1. The number of aryl methyl sites for hydroxylation is 1. The number of para-hydroxylation sites is 1. The van der Waals surface area contributed by atoms with E-state index < -0.39 is 24.7 Å². The number of fused-ring (bicyclic) bond motifs is 2. The highest BCUT2D eigenvalue weighted by Gasteiger charge is 2.69. The van der Waals surface area contributed by atoms with Gasteiger partial charge in [-0.1, -0.05) is 49.7 Å². The molecule has 13 rings (SSSR count). The Morgan fingerprint density at radius 1 is 0.925 bits per heavy atom. The van der Waals surface area contributed by atoms with Gasteiger partial charge in [0.2, 0.25) is 17.7 Å². The van der Waals surface area contributed by atoms with Gasteiger partial charge >= 0.3 is 7.12 Å². The van der Waals surface area contributed by atoms with Crippen molar-refractivity contribution in [3.05, 3.63) is 120 Å². The van der Waals surface area contributed by atoms with Crippen molar-refractivity contribution in [1.82, 2.24) is 39.8 Å². The Kier molecular flexibility index (Phi) is 14.2. The highest BCUT2D eigenvalue weighted by molar-refractivity contribution is 6.62. The van der Waals surface area contributed by atoms with Crippen molar-refractivity contribution in [3.63, 3.8) is 0 Å². The highest BCUT2D eigenvalue weighted by Crippen LogP contribution is 2.66. The number of carbonyl (C=O) groups excluding carboxylic acids is 5. The number of carbonyl (C=O) groups is 5. The van der Waals surface area contributed by atoms with Gasteiger partial charge in [-0.25, -0.2) is 14.6 Å². The number of amides is 5. The number of nitrogen functional groups attached to an aromatic ring is 1. The van der Waals surface area contributed by atoms with Crippen LogP contribution in [-0.2, 0) is 35.0 Å². The van der Waals surface area contributed by atoms with Gasteiger partial charge in [0, 0.05) is 61.8 Å². The monoisotopic (exact) mass is 1080 g/mol. The van der Waals surface area contributed by atoms with E-state index in [-0.39, 0.29) is 73.1 Å². The fourth-order valence-corrected chi connectivity index (χ4v) is 13.3. The fourth-order valence-electron chi connectivity index (χ4n) is 13.3. The average molecular weight is 1080 g/mol. The van der Waals surface area contributed by atoms with Crippen molar-refractivity contribution in [2.45, 2.75) is 102 Å². The van der Waals surface area contributed by atoms with Crippen LogP contribution in [0, 0.1) is 24.2 Å². The molecule has 19 nitrogen and oxygen atoms in total. The van der Waals surface area contributed by atoms with E-state index in [1.54, 1.807) is 30.1 Å². The van der Waals surface area contributed by atoms with Crippen molar-refractivity contribution in [2.75, 3.05) is 52.2 Å². The second kappa shape index (κ2) is 21.4. The number of nitrogens with one attached hydrogen (secondary N) is 1. The maximum Gasteiger partial charge on any atom is 0.494 e. The minimum atomic E-state index is -0.715. The summed E-state index contributed by atoms with van der Waals surface area (Å²) in [5.41, 5.74) is 11.6. The van der Waals surface area contributed by atoms with Gasteiger partial charge in [-0.05, 0) is 129 Å². The molecule has 2 aromatic heterocycles. The van der Waals surface area contributed by atoms with Gasteiger partial charge in [0.05, 0.1) is 42.9 Å². The molecule has 4 aromatic carbocycles. The summed E-state index contributed by atoms with van der Waals surface area (Å²) in [6.07, 6.45) is 6.11. The van der Waals surface area contributed by atoms with Crippen molar-refractivity contribution >= 4 is 59.0 Å². The summed E-state index contributed by atoms with van der Waals surface area (Å²) < 4.78 is 34.4. The van der Waals surface area contributed by atoms with E-state index in [4.69, 9.17) is 34.4 Å². The number of hydrogen-bond acceptors (Lipinski definition) is 14. The van der Waals surface area contributed by atoms with E-state index in [0.717, 1.165) is 35.2 Å².